The fourth-order valence-corrected chi connectivity index (χ4v) is 3.44. The molecule has 2 aromatic heterocycles. The summed E-state index contributed by atoms with van der Waals surface area (Å²) in [6, 6.07) is 6.77. The van der Waals surface area contributed by atoms with Crippen molar-refractivity contribution in [2.24, 2.45) is 0 Å². The van der Waals surface area contributed by atoms with E-state index in [2.05, 4.69) is 15.5 Å². The van der Waals surface area contributed by atoms with Crippen LogP contribution in [-0.4, -0.2) is 25.5 Å². The van der Waals surface area contributed by atoms with Crippen LogP contribution in [0.4, 0.5) is 19.0 Å². The maximum absolute atomic E-state index is 13.1. The van der Waals surface area contributed by atoms with Crippen molar-refractivity contribution < 1.29 is 18.0 Å². The highest BCUT2D eigenvalue weighted by molar-refractivity contribution is 5.91. The molecule has 2 heterocycles. The second-order valence-electron chi connectivity index (χ2n) is 8.59. The third kappa shape index (κ3) is 4.81. The molecule has 31 heavy (non-hydrogen) atoms. The molecule has 0 radical (unpaired) electrons. The van der Waals surface area contributed by atoms with Crippen molar-refractivity contribution >= 4 is 11.7 Å². The van der Waals surface area contributed by atoms with Crippen molar-refractivity contribution in [1.29, 1.82) is 0 Å². The monoisotopic (exact) mass is 433 g/mol. The van der Waals surface area contributed by atoms with E-state index in [0.717, 1.165) is 17.8 Å². The van der Waals surface area contributed by atoms with Crippen LogP contribution in [0, 0.1) is 20.8 Å². The minimum atomic E-state index is -4.44. The highest BCUT2D eigenvalue weighted by Crippen LogP contribution is 2.31. The van der Waals surface area contributed by atoms with Gasteiger partial charge in [0.1, 0.15) is 5.82 Å². The second-order valence-corrected chi connectivity index (χ2v) is 8.59. The van der Waals surface area contributed by atoms with Crippen molar-refractivity contribution in [3.8, 4) is 5.69 Å². The van der Waals surface area contributed by atoms with Crippen LogP contribution in [0.3, 0.4) is 0 Å². The van der Waals surface area contributed by atoms with E-state index in [1.165, 1.54) is 10.7 Å². The Balaban J connectivity index is 1.87. The molecule has 0 aliphatic carbocycles. The van der Waals surface area contributed by atoms with Gasteiger partial charge in [-0.2, -0.15) is 23.4 Å². The molecule has 0 saturated carbocycles. The molecule has 6 nitrogen and oxygen atoms in total. The molecular weight excluding hydrogens is 407 g/mol. The van der Waals surface area contributed by atoms with E-state index in [4.69, 9.17) is 0 Å². The summed E-state index contributed by atoms with van der Waals surface area (Å²) in [7, 11) is 0. The summed E-state index contributed by atoms with van der Waals surface area (Å²) in [6.07, 6.45) is -4.39. The number of hydrogen-bond donors (Lipinski definition) is 1. The van der Waals surface area contributed by atoms with Crippen LogP contribution in [0.25, 0.3) is 5.69 Å². The number of nitrogens with one attached hydrogen (secondary N) is 1. The van der Waals surface area contributed by atoms with Gasteiger partial charge in [0.2, 0.25) is 5.91 Å². The first kappa shape index (κ1) is 22.6. The molecule has 0 atom stereocenters. The van der Waals surface area contributed by atoms with Crippen LogP contribution in [0.2, 0.25) is 0 Å². The first-order chi connectivity index (χ1) is 14.3. The van der Waals surface area contributed by atoms with Crippen LogP contribution in [0.5, 0.6) is 0 Å². The average molecular weight is 433 g/mol. The Morgan fingerprint density at radius 1 is 1.06 bits per heavy atom. The molecule has 3 aromatic rings. The number of alkyl halides is 3. The number of carbonyl (C=O) groups is 1. The fourth-order valence-electron chi connectivity index (χ4n) is 3.44. The first-order valence-corrected chi connectivity index (χ1v) is 9.87. The van der Waals surface area contributed by atoms with Gasteiger partial charge in [-0.05, 0) is 59.7 Å². The second kappa shape index (κ2) is 7.86. The number of carbonyl (C=O) groups excluding carboxylic acids is 1. The minimum absolute atomic E-state index is 0.0466. The van der Waals surface area contributed by atoms with Crippen molar-refractivity contribution in [3.05, 3.63) is 58.5 Å². The molecule has 0 unspecified atom stereocenters. The largest absolute Gasteiger partial charge is 0.416 e. The van der Waals surface area contributed by atoms with Gasteiger partial charge >= 0.3 is 6.18 Å². The van der Waals surface area contributed by atoms with Gasteiger partial charge in [-0.3, -0.25) is 4.79 Å². The smallest absolute Gasteiger partial charge is 0.311 e. The number of aromatic nitrogens is 4. The number of anilines is 1. The van der Waals surface area contributed by atoms with Crippen LogP contribution < -0.4 is 5.32 Å². The predicted octanol–water partition coefficient (Wildman–Crippen LogP) is 4.95. The number of amides is 1. The Labute approximate surface area is 179 Å². The summed E-state index contributed by atoms with van der Waals surface area (Å²) in [5.74, 6) is 0.343. The summed E-state index contributed by atoms with van der Waals surface area (Å²) in [5, 5.41) is 11.7. The molecule has 0 bridgehead atoms. The van der Waals surface area contributed by atoms with Gasteiger partial charge in [-0.25, -0.2) is 9.36 Å². The lowest BCUT2D eigenvalue weighted by atomic mass is 10.1. The van der Waals surface area contributed by atoms with Crippen molar-refractivity contribution in [3.63, 3.8) is 0 Å². The zero-order chi connectivity index (χ0) is 23.1. The average Bonchev–Trinajstić information content (AvgIpc) is 3.15. The number of halogens is 3. The van der Waals surface area contributed by atoms with E-state index < -0.39 is 11.7 Å². The molecule has 1 aromatic carbocycles. The quantitative estimate of drug-likeness (QED) is 0.633. The lowest BCUT2D eigenvalue weighted by Gasteiger charge is -2.22. The zero-order valence-corrected chi connectivity index (χ0v) is 18.4. The Bertz CT molecular complexity index is 1120. The molecular formula is C22H26F3N5O. The van der Waals surface area contributed by atoms with Crippen LogP contribution in [-0.2, 0) is 22.9 Å². The Morgan fingerprint density at radius 3 is 2.35 bits per heavy atom. The summed E-state index contributed by atoms with van der Waals surface area (Å²) in [4.78, 5) is 12.8. The normalized spacial score (nSPS) is 12.3. The maximum atomic E-state index is 13.1. The number of aryl methyl sites for hydroxylation is 2. The maximum Gasteiger partial charge on any atom is 0.416 e. The van der Waals surface area contributed by atoms with Gasteiger partial charge < -0.3 is 5.32 Å². The number of rotatable bonds is 4. The van der Waals surface area contributed by atoms with Crippen LogP contribution >= 0.6 is 0 Å². The molecule has 1 amide bonds. The zero-order valence-electron chi connectivity index (χ0n) is 18.4. The van der Waals surface area contributed by atoms with E-state index in [-0.39, 0.29) is 17.9 Å². The molecule has 0 fully saturated rings. The van der Waals surface area contributed by atoms with E-state index in [1.807, 2.05) is 27.7 Å². The highest BCUT2D eigenvalue weighted by atomic mass is 19.4. The fraction of sp³-hybridized carbons (Fsp3) is 0.409. The van der Waals surface area contributed by atoms with Crippen molar-refractivity contribution in [2.75, 3.05) is 5.32 Å². The summed E-state index contributed by atoms with van der Waals surface area (Å²) >= 11 is 0. The lowest BCUT2D eigenvalue weighted by molar-refractivity contribution is -0.137. The van der Waals surface area contributed by atoms with Crippen molar-refractivity contribution in [2.45, 2.75) is 59.7 Å². The molecule has 1 N–H and O–H groups in total. The SMILES string of the molecule is Cc1cc(NC(=O)Cc2c(C)nn(-c3cccc(C(F)(F)F)c3)c2C)n(C(C)(C)C)n1. The first-order valence-electron chi connectivity index (χ1n) is 9.87. The molecule has 0 saturated heterocycles. The number of benzene rings is 1. The molecule has 166 valence electrons. The molecule has 0 aliphatic heterocycles. The standard InChI is InChI=1S/C22H26F3N5O/c1-13-10-19(30(27-13)21(4,5)6)26-20(31)12-18-14(2)28-29(15(18)3)17-9-7-8-16(11-17)22(23,24)25/h7-11H,12H2,1-6H3,(H,26,31). The molecule has 9 heteroatoms. The Kier molecular flexibility index (Phi) is 5.73. The summed E-state index contributed by atoms with van der Waals surface area (Å²) < 4.78 is 42.4. The summed E-state index contributed by atoms with van der Waals surface area (Å²) in [6.45, 7) is 11.3. The topological polar surface area (TPSA) is 64.7 Å². The number of nitrogens with zero attached hydrogens (tertiary/aromatic N) is 4. The molecule has 0 aliphatic rings. The predicted molar refractivity (Wildman–Crippen MR) is 112 cm³/mol. The van der Waals surface area contributed by atoms with Gasteiger partial charge in [-0.1, -0.05) is 6.07 Å². The Morgan fingerprint density at radius 2 is 1.74 bits per heavy atom. The third-order valence-electron chi connectivity index (χ3n) is 4.93. The lowest BCUT2D eigenvalue weighted by Crippen LogP contribution is -2.27. The summed E-state index contributed by atoms with van der Waals surface area (Å²) in [5.41, 5.74) is 1.91. The number of hydrogen-bond acceptors (Lipinski definition) is 3. The minimum Gasteiger partial charge on any atom is -0.311 e. The van der Waals surface area contributed by atoms with E-state index >= 15 is 0 Å². The van der Waals surface area contributed by atoms with Gasteiger partial charge in [0.15, 0.2) is 0 Å². The van der Waals surface area contributed by atoms with Gasteiger partial charge in [-0.15, -0.1) is 0 Å². The van der Waals surface area contributed by atoms with E-state index in [0.29, 0.717) is 28.5 Å². The van der Waals surface area contributed by atoms with Gasteiger partial charge in [0.05, 0.1) is 34.6 Å². The van der Waals surface area contributed by atoms with Gasteiger partial charge in [0, 0.05) is 17.3 Å². The van der Waals surface area contributed by atoms with Crippen molar-refractivity contribution in [1.82, 2.24) is 19.6 Å². The van der Waals surface area contributed by atoms with E-state index in [1.54, 1.807) is 30.7 Å². The highest BCUT2D eigenvalue weighted by Gasteiger charge is 2.31. The van der Waals surface area contributed by atoms with Gasteiger partial charge in [0.25, 0.3) is 0 Å². The molecule has 3 rings (SSSR count). The van der Waals surface area contributed by atoms with Crippen LogP contribution in [0.15, 0.2) is 30.3 Å². The molecule has 0 spiro atoms. The third-order valence-corrected chi connectivity index (χ3v) is 4.93. The Hall–Kier alpha value is -3.10. The van der Waals surface area contributed by atoms with Crippen LogP contribution in [0.1, 0.15) is 49.0 Å². The van der Waals surface area contributed by atoms with E-state index in [9.17, 15) is 18.0 Å².